The molecule has 1 N–H and O–H groups in total. The molecule has 0 saturated carbocycles. The van der Waals surface area contributed by atoms with Crippen molar-refractivity contribution in [2.24, 2.45) is 0 Å². The minimum absolute atomic E-state index is 1.00. The highest BCUT2D eigenvalue weighted by atomic mass is 15.3. The van der Waals surface area contributed by atoms with Crippen LogP contribution in [0, 0.1) is 6.92 Å². The number of hydrogen-bond donors (Lipinski definition) is 1. The predicted molar refractivity (Wildman–Crippen MR) is 73.0 cm³/mol. The largest absolute Gasteiger partial charge is 0.356 e. The van der Waals surface area contributed by atoms with E-state index in [1.165, 1.54) is 5.56 Å². The second-order valence-electron chi connectivity index (χ2n) is 4.73. The van der Waals surface area contributed by atoms with Crippen molar-refractivity contribution in [3.05, 3.63) is 42.2 Å². The molecule has 3 nitrogen and oxygen atoms in total. The van der Waals surface area contributed by atoms with Gasteiger partial charge in [-0.15, -0.1) is 0 Å². The zero-order valence-electron chi connectivity index (χ0n) is 10.7. The summed E-state index contributed by atoms with van der Waals surface area (Å²) >= 11 is 0. The minimum Gasteiger partial charge on any atom is -0.356 e. The van der Waals surface area contributed by atoms with Gasteiger partial charge in [0.1, 0.15) is 0 Å². The van der Waals surface area contributed by atoms with E-state index < -0.39 is 0 Å². The molecule has 1 aliphatic heterocycles. The first-order chi connectivity index (χ1) is 8.15. The molecule has 0 aromatic heterocycles. The first kappa shape index (κ1) is 12.0. The van der Waals surface area contributed by atoms with Gasteiger partial charge in [-0.3, -0.25) is 0 Å². The Morgan fingerprint density at radius 3 is 2.29 bits per heavy atom. The second-order valence-corrected chi connectivity index (χ2v) is 4.73. The molecule has 17 heavy (non-hydrogen) atoms. The van der Waals surface area contributed by atoms with Crippen LogP contribution >= 0.6 is 0 Å². The van der Waals surface area contributed by atoms with Crippen molar-refractivity contribution in [2.45, 2.75) is 6.92 Å². The van der Waals surface area contributed by atoms with Crippen molar-refractivity contribution < 1.29 is 0 Å². The predicted octanol–water partition coefficient (Wildman–Crippen LogP) is 2.13. The zero-order chi connectivity index (χ0) is 12.3. The molecular formula is C14H21N3. The van der Waals surface area contributed by atoms with Crippen molar-refractivity contribution in [1.82, 2.24) is 9.80 Å². The molecule has 1 fully saturated rings. The fourth-order valence-corrected chi connectivity index (χ4v) is 1.96. The molecule has 3 heteroatoms. The molecule has 0 bridgehead atoms. The van der Waals surface area contributed by atoms with Crippen LogP contribution in [0.3, 0.4) is 0 Å². The third-order valence-electron chi connectivity index (χ3n) is 3.23. The Bertz CT molecular complexity index is 375. The molecule has 0 amide bonds. The van der Waals surface area contributed by atoms with Crippen molar-refractivity contribution in [3.63, 3.8) is 0 Å². The highest BCUT2D eigenvalue weighted by Crippen LogP contribution is 2.14. The molecule has 1 aromatic carbocycles. The quantitative estimate of drug-likeness (QED) is 0.859. The van der Waals surface area contributed by atoms with Crippen LogP contribution in [-0.2, 0) is 0 Å². The van der Waals surface area contributed by atoms with Crippen molar-refractivity contribution in [2.75, 3.05) is 38.5 Å². The van der Waals surface area contributed by atoms with Crippen molar-refractivity contribution in [1.29, 1.82) is 0 Å². The van der Waals surface area contributed by atoms with E-state index in [4.69, 9.17) is 0 Å². The normalized spacial score (nSPS) is 16.9. The Morgan fingerprint density at radius 1 is 1.12 bits per heavy atom. The topological polar surface area (TPSA) is 18.5 Å². The molecule has 1 heterocycles. The van der Waals surface area contributed by atoms with Gasteiger partial charge in [0.15, 0.2) is 0 Å². The number of rotatable bonds is 3. The lowest BCUT2D eigenvalue weighted by Crippen LogP contribution is -2.44. The van der Waals surface area contributed by atoms with Crippen LogP contribution in [0.4, 0.5) is 5.69 Å². The molecule has 0 atom stereocenters. The summed E-state index contributed by atoms with van der Waals surface area (Å²) in [4.78, 5) is 4.65. The van der Waals surface area contributed by atoms with Gasteiger partial charge < -0.3 is 15.1 Å². The van der Waals surface area contributed by atoms with Gasteiger partial charge in [0.25, 0.3) is 0 Å². The summed E-state index contributed by atoms with van der Waals surface area (Å²) in [5.74, 6) is 1.00. The van der Waals surface area contributed by atoms with Gasteiger partial charge in [-0.1, -0.05) is 24.3 Å². The summed E-state index contributed by atoms with van der Waals surface area (Å²) in [6.07, 6.45) is 0. The van der Waals surface area contributed by atoms with Crippen LogP contribution in [0.1, 0.15) is 5.56 Å². The number of hydrogen-bond acceptors (Lipinski definition) is 3. The van der Waals surface area contributed by atoms with E-state index in [1.807, 2.05) is 0 Å². The fourth-order valence-electron chi connectivity index (χ4n) is 1.96. The molecule has 0 spiro atoms. The van der Waals surface area contributed by atoms with E-state index >= 15 is 0 Å². The number of piperazine rings is 1. The van der Waals surface area contributed by atoms with Crippen molar-refractivity contribution in [3.8, 4) is 0 Å². The SMILES string of the molecule is C=C(Nc1ccc(C)cc1)N1CCN(C)CC1. The van der Waals surface area contributed by atoms with Gasteiger partial charge in [0, 0.05) is 31.9 Å². The summed E-state index contributed by atoms with van der Waals surface area (Å²) in [5.41, 5.74) is 2.39. The van der Waals surface area contributed by atoms with E-state index in [-0.39, 0.29) is 0 Å². The first-order valence-corrected chi connectivity index (χ1v) is 6.11. The molecule has 92 valence electrons. The van der Waals surface area contributed by atoms with Crippen LogP contribution in [0.5, 0.6) is 0 Å². The van der Waals surface area contributed by atoms with E-state index in [2.05, 4.69) is 59.9 Å². The molecule has 1 saturated heterocycles. The lowest BCUT2D eigenvalue weighted by molar-refractivity contribution is 0.188. The zero-order valence-corrected chi connectivity index (χ0v) is 10.7. The molecule has 2 rings (SSSR count). The van der Waals surface area contributed by atoms with Crippen LogP contribution in [0.15, 0.2) is 36.7 Å². The molecule has 1 aliphatic rings. The summed E-state index contributed by atoms with van der Waals surface area (Å²) in [6, 6.07) is 8.41. The second kappa shape index (κ2) is 5.23. The first-order valence-electron chi connectivity index (χ1n) is 6.11. The van der Waals surface area contributed by atoms with E-state index in [1.54, 1.807) is 0 Å². The molecule has 0 unspecified atom stereocenters. The van der Waals surface area contributed by atoms with Gasteiger partial charge in [-0.25, -0.2) is 0 Å². The van der Waals surface area contributed by atoms with Crippen LogP contribution < -0.4 is 5.32 Å². The average Bonchev–Trinajstić information content (AvgIpc) is 2.33. The number of benzene rings is 1. The standard InChI is InChI=1S/C14H21N3/c1-12-4-6-14(7-5-12)15-13(2)17-10-8-16(3)9-11-17/h4-7,15H,2,8-11H2,1,3H3. The molecular weight excluding hydrogens is 210 g/mol. The monoisotopic (exact) mass is 231 g/mol. The summed E-state index contributed by atoms with van der Waals surface area (Å²) in [5, 5.41) is 3.37. The third kappa shape index (κ3) is 3.24. The van der Waals surface area contributed by atoms with E-state index in [0.29, 0.717) is 0 Å². The lowest BCUT2D eigenvalue weighted by atomic mass is 10.2. The van der Waals surface area contributed by atoms with Gasteiger partial charge in [-0.05, 0) is 26.1 Å². The molecule has 0 radical (unpaired) electrons. The molecule has 1 aromatic rings. The number of nitrogens with one attached hydrogen (secondary N) is 1. The highest BCUT2D eigenvalue weighted by molar-refractivity contribution is 5.48. The lowest BCUT2D eigenvalue weighted by Gasteiger charge is -2.35. The number of likely N-dealkylation sites (N-methyl/N-ethyl adjacent to an activating group) is 1. The Balaban J connectivity index is 1.90. The molecule has 0 aliphatic carbocycles. The Labute approximate surface area is 104 Å². The van der Waals surface area contributed by atoms with Crippen LogP contribution in [-0.4, -0.2) is 43.0 Å². The van der Waals surface area contributed by atoms with Crippen LogP contribution in [0.2, 0.25) is 0 Å². The number of aryl methyl sites for hydroxylation is 1. The average molecular weight is 231 g/mol. The summed E-state index contributed by atoms with van der Waals surface area (Å²) < 4.78 is 0. The van der Waals surface area contributed by atoms with Gasteiger partial charge >= 0.3 is 0 Å². The Kier molecular flexibility index (Phi) is 3.69. The van der Waals surface area contributed by atoms with Gasteiger partial charge in [0.2, 0.25) is 0 Å². The van der Waals surface area contributed by atoms with Gasteiger partial charge in [0.05, 0.1) is 5.82 Å². The number of nitrogens with zero attached hydrogens (tertiary/aromatic N) is 2. The maximum Gasteiger partial charge on any atom is 0.0984 e. The van der Waals surface area contributed by atoms with Crippen molar-refractivity contribution >= 4 is 5.69 Å². The maximum atomic E-state index is 4.12. The fraction of sp³-hybridized carbons (Fsp3) is 0.429. The smallest absolute Gasteiger partial charge is 0.0984 e. The van der Waals surface area contributed by atoms with Gasteiger partial charge in [-0.2, -0.15) is 0 Å². The Morgan fingerprint density at radius 2 is 1.71 bits per heavy atom. The van der Waals surface area contributed by atoms with E-state index in [0.717, 1.165) is 37.7 Å². The van der Waals surface area contributed by atoms with E-state index in [9.17, 15) is 0 Å². The third-order valence-corrected chi connectivity index (χ3v) is 3.23. The number of anilines is 1. The highest BCUT2D eigenvalue weighted by Gasteiger charge is 2.14. The summed E-state index contributed by atoms with van der Waals surface area (Å²) in [7, 11) is 2.16. The summed E-state index contributed by atoms with van der Waals surface area (Å²) in [6.45, 7) is 10.5. The minimum atomic E-state index is 1.00. The maximum absolute atomic E-state index is 4.12. The Hall–Kier alpha value is -1.48. The van der Waals surface area contributed by atoms with Crippen LogP contribution in [0.25, 0.3) is 0 Å².